The fraction of sp³-hybridized carbons (Fsp3) is 0.355. The Bertz CT molecular complexity index is 1260. The number of methoxy groups -OCH3 is 1. The number of benzene rings is 4. The van der Waals surface area contributed by atoms with Crippen LogP contribution in [0.4, 0.5) is 0 Å². The van der Waals surface area contributed by atoms with Crippen molar-refractivity contribution in [1.29, 1.82) is 0 Å². The summed E-state index contributed by atoms with van der Waals surface area (Å²) < 4.78 is 6.05. The molecule has 0 aliphatic heterocycles. The molecule has 2 saturated carbocycles. The molecule has 2 aliphatic carbocycles. The molecule has 4 aromatic rings. The van der Waals surface area contributed by atoms with Gasteiger partial charge in [-0.05, 0) is 69.9 Å². The molecule has 0 saturated heterocycles. The lowest BCUT2D eigenvalue weighted by atomic mass is 9.93. The van der Waals surface area contributed by atoms with Crippen molar-refractivity contribution in [2.45, 2.75) is 62.7 Å². The first-order valence-corrected chi connectivity index (χ1v) is 14.2. The second kappa shape index (κ2) is 9.11. The molecule has 6 rings (SSSR count). The van der Waals surface area contributed by atoms with Crippen LogP contribution in [0.1, 0.15) is 51.4 Å². The standard InChI is InChI=1S/C31H33OP/c1-32-28-20-18-22-10-2-8-16-26(22)30(28)31-27-17-9-3-11-23(27)19-21-29(31)33(24-12-4-5-13-24)25-14-6-7-15-25/h2-3,8-11,16-21,24-25H,4-7,12-15H2,1H3. The van der Waals surface area contributed by atoms with Crippen LogP contribution in [0.3, 0.4) is 0 Å². The Morgan fingerprint density at radius 3 is 1.70 bits per heavy atom. The molecule has 0 atom stereocenters. The largest absolute Gasteiger partial charge is 0.496 e. The van der Waals surface area contributed by atoms with Crippen molar-refractivity contribution in [3.8, 4) is 16.9 Å². The minimum Gasteiger partial charge on any atom is -0.496 e. The van der Waals surface area contributed by atoms with Gasteiger partial charge in [0, 0.05) is 11.1 Å². The average Bonchev–Trinajstić information content (AvgIpc) is 3.59. The molecule has 2 aliphatic rings. The Morgan fingerprint density at radius 2 is 1.12 bits per heavy atom. The molecule has 168 valence electrons. The van der Waals surface area contributed by atoms with E-state index in [0.29, 0.717) is 0 Å². The highest BCUT2D eigenvalue weighted by molar-refractivity contribution is 7.67. The number of fused-ring (bicyclic) bond motifs is 2. The van der Waals surface area contributed by atoms with Crippen LogP contribution in [0.2, 0.25) is 0 Å². The Balaban J connectivity index is 1.69. The van der Waals surface area contributed by atoms with Crippen molar-refractivity contribution in [2.75, 3.05) is 7.11 Å². The molecule has 0 amide bonds. The fourth-order valence-electron chi connectivity index (χ4n) is 6.47. The third-order valence-electron chi connectivity index (χ3n) is 7.98. The maximum absolute atomic E-state index is 6.05. The monoisotopic (exact) mass is 452 g/mol. The van der Waals surface area contributed by atoms with E-state index in [1.807, 2.05) is 7.11 Å². The first-order chi connectivity index (χ1) is 16.3. The average molecular weight is 453 g/mol. The Morgan fingerprint density at radius 1 is 0.606 bits per heavy atom. The maximum Gasteiger partial charge on any atom is 0.127 e. The van der Waals surface area contributed by atoms with Crippen molar-refractivity contribution in [2.24, 2.45) is 0 Å². The SMILES string of the molecule is COc1ccc2ccccc2c1-c1c(P(C2CCCC2)C2CCCC2)ccc2ccccc12. The highest BCUT2D eigenvalue weighted by Crippen LogP contribution is 2.58. The zero-order valence-corrected chi connectivity index (χ0v) is 20.5. The van der Waals surface area contributed by atoms with Crippen LogP contribution < -0.4 is 10.0 Å². The zero-order valence-electron chi connectivity index (χ0n) is 19.6. The first kappa shape index (κ1) is 21.2. The number of rotatable bonds is 5. The van der Waals surface area contributed by atoms with Crippen LogP contribution in [-0.2, 0) is 0 Å². The summed E-state index contributed by atoms with van der Waals surface area (Å²) >= 11 is 0. The lowest BCUT2D eigenvalue weighted by molar-refractivity contribution is 0.417. The molecule has 2 fully saturated rings. The molecule has 1 nitrogen and oxygen atoms in total. The van der Waals surface area contributed by atoms with Gasteiger partial charge in [-0.1, -0.05) is 100 Å². The molecule has 0 radical (unpaired) electrons. The summed E-state index contributed by atoms with van der Waals surface area (Å²) in [5.74, 6) is 0.999. The van der Waals surface area contributed by atoms with Gasteiger partial charge in [-0.2, -0.15) is 0 Å². The van der Waals surface area contributed by atoms with Crippen molar-refractivity contribution >= 4 is 34.8 Å². The van der Waals surface area contributed by atoms with Crippen molar-refractivity contribution in [3.63, 3.8) is 0 Å². The van der Waals surface area contributed by atoms with E-state index in [1.165, 1.54) is 84.0 Å². The van der Waals surface area contributed by atoms with Crippen LogP contribution >= 0.6 is 7.92 Å². The maximum atomic E-state index is 6.05. The molecule has 0 bridgehead atoms. The minimum atomic E-state index is -0.204. The number of ether oxygens (including phenoxy) is 1. The summed E-state index contributed by atoms with van der Waals surface area (Å²) in [5.41, 5.74) is 4.51. The lowest BCUT2D eigenvalue weighted by Gasteiger charge is -2.33. The lowest BCUT2D eigenvalue weighted by Crippen LogP contribution is -2.21. The van der Waals surface area contributed by atoms with E-state index in [0.717, 1.165) is 17.1 Å². The predicted octanol–water partition coefficient (Wildman–Crippen LogP) is 8.66. The summed E-state index contributed by atoms with van der Waals surface area (Å²) in [6, 6.07) is 27.1. The van der Waals surface area contributed by atoms with Gasteiger partial charge in [0.25, 0.3) is 0 Å². The molecule has 0 unspecified atom stereocenters. The molecule has 0 N–H and O–H groups in total. The Labute approximate surface area is 198 Å². The van der Waals surface area contributed by atoms with Gasteiger partial charge in [0.15, 0.2) is 0 Å². The third-order valence-corrected chi connectivity index (χ3v) is 11.5. The van der Waals surface area contributed by atoms with Crippen LogP contribution in [0.25, 0.3) is 32.7 Å². The van der Waals surface area contributed by atoms with E-state index in [-0.39, 0.29) is 7.92 Å². The molecular formula is C31H33OP. The fourth-order valence-corrected chi connectivity index (χ4v) is 10.4. The topological polar surface area (TPSA) is 9.23 Å². The smallest absolute Gasteiger partial charge is 0.127 e. The van der Waals surface area contributed by atoms with Crippen molar-refractivity contribution < 1.29 is 4.74 Å². The van der Waals surface area contributed by atoms with Crippen LogP contribution in [-0.4, -0.2) is 18.4 Å². The highest BCUT2D eigenvalue weighted by atomic mass is 31.1. The number of hydrogen-bond donors (Lipinski definition) is 0. The van der Waals surface area contributed by atoms with Gasteiger partial charge in [-0.15, -0.1) is 0 Å². The van der Waals surface area contributed by atoms with Gasteiger partial charge < -0.3 is 4.74 Å². The van der Waals surface area contributed by atoms with Gasteiger partial charge in [-0.3, -0.25) is 0 Å². The molecule has 33 heavy (non-hydrogen) atoms. The van der Waals surface area contributed by atoms with Gasteiger partial charge >= 0.3 is 0 Å². The molecule has 0 heterocycles. The summed E-state index contributed by atoms with van der Waals surface area (Å²) in [6.45, 7) is 0. The summed E-state index contributed by atoms with van der Waals surface area (Å²) in [7, 11) is 1.62. The predicted molar refractivity (Wildman–Crippen MR) is 145 cm³/mol. The first-order valence-electron chi connectivity index (χ1n) is 12.7. The number of hydrogen-bond acceptors (Lipinski definition) is 1. The van der Waals surface area contributed by atoms with Crippen LogP contribution in [0, 0.1) is 0 Å². The molecular weight excluding hydrogens is 419 g/mol. The van der Waals surface area contributed by atoms with Crippen LogP contribution in [0.15, 0.2) is 72.8 Å². The second-order valence-electron chi connectivity index (χ2n) is 9.83. The van der Waals surface area contributed by atoms with Gasteiger partial charge in [0.1, 0.15) is 5.75 Å². The van der Waals surface area contributed by atoms with E-state index >= 15 is 0 Å². The zero-order chi connectivity index (χ0) is 22.2. The van der Waals surface area contributed by atoms with Crippen molar-refractivity contribution in [1.82, 2.24) is 0 Å². The van der Waals surface area contributed by atoms with Gasteiger partial charge in [-0.25, -0.2) is 0 Å². The minimum absolute atomic E-state index is 0.204. The van der Waals surface area contributed by atoms with Gasteiger partial charge in [0.05, 0.1) is 7.11 Å². The van der Waals surface area contributed by atoms with Crippen molar-refractivity contribution in [3.05, 3.63) is 72.8 Å². The quantitative estimate of drug-likeness (QED) is 0.275. The Hall–Kier alpha value is -2.37. The second-order valence-corrected chi connectivity index (χ2v) is 12.6. The normalized spacial score (nSPS) is 17.5. The molecule has 2 heteroatoms. The molecule has 0 aromatic heterocycles. The summed E-state index contributed by atoms with van der Waals surface area (Å²) in [5, 5.41) is 6.95. The highest BCUT2D eigenvalue weighted by Gasteiger charge is 2.36. The summed E-state index contributed by atoms with van der Waals surface area (Å²) in [4.78, 5) is 0. The van der Waals surface area contributed by atoms with E-state index < -0.39 is 0 Å². The third kappa shape index (κ3) is 3.75. The molecule has 0 spiro atoms. The van der Waals surface area contributed by atoms with E-state index in [4.69, 9.17) is 4.74 Å². The van der Waals surface area contributed by atoms with E-state index in [2.05, 4.69) is 72.8 Å². The van der Waals surface area contributed by atoms with E-state index in [1.54, 1.807) is 5.30 Å². The summed E-state index contributed by atoms with van der Waals surface area (Å²) in [6.07, 6.45) is 11.3. The van der Waals surface area contributed by atoms with Crippen LogP contribution in [0.5, 0.6) is 5.75 Å². The van der Waals surface area contributed by atoms with Gasteiger partial charge in [0.2, 0.25) is 0 Å². The molecule has 4 aromatic carbocycles. The van der Waals surface area contributed by atoms with E-state index in [9.17, 15) is 0 Å². The Kier molecular flexibility index (Phi) is 5.85.